The Kier molecular flexibility index (Phi) is 6.68. The van der Waals surface area contributed by atoms with Gasteiger partial charge in [0.25, 0.3) is 5.69 Å². The van der Waals surface area contributed by atoms with Gasteiger partial charge in [-0.2, -0.15) is 0 Å². The zero-order valence-electron chi connectivity index (χ0n) is 13.8. The minimum Gasteiger partial charge on any atom is -0.464 e. The van der Waals surface area contributed by atoms with Gasteiger partial charge in [-0.3, -0.25) is 19.8 Å². The third-order valence-corrected chi connectivity index (χ3v) is 3.21. The van der Waals surface area contributed by atoms with Gasteiger partial charge in [-0.05, 0) is 24.5 Å². The van der Waals surface area contributed by atoms with Crippen LogP contribution in [0.15, 0.2) is 24.3 Å². The van der Waals surface area contributed by atoms with Crippen LogP contribution in [0.1, 0.15) is 34.1 Å². The van der Waals surface area contributed by atoms with E-state index in [1.54, 1.807) is 6.92 Å². The lowest BCUT2D eigenvalue weighted by Gasteiger charge is -2.28. The standard InChI is InChI=1S/C16H22N2O5/c1-5-15(16(20)23-10-11(2)3)17(12(4)19)13-6-8-14(9-7-13)18(21)22/h6-9,11,15H,5,10H2,1-4H3. The second-order valence-corrected chi connectivity index (χ2v) is 5.61. The summed E-state index contributed by atoms with van der Waals surface area (Å²) in [6, 6.07) is 4.76. The predicted octanol–water partition coefficient (Wildman–Crippen LogP) is 2.93. The van der Waals surface area contributed by atoms with Crippen molar-refractivity contribution in [2.75, 3.05) is 11.5 Å². The molecule has 126 valence electrons. The Morgan fingerprint density at radius 3 is 2.22 bits per heavy atom. The number of hydrogen-bond acceptors (Lipinski definition) is 5. The number of non-ortho nitro benzene ring substituents is 1. The molecule has 1 rings (SSSR count). The second kappa shape index (κ2) is 8.26. The average molecular weight is 322 g/mol. The summed E-state index contributed by atoms with van der Waals surface area (Å²) in [7, 11) is 0. The van der Waals surface area contributed by atoms with Crippen molar-refractivity contribution >= 4 is 23.3 Å². The fraction of sp³-hybridized carbons (Fsp3) is 0.500. The number of hydrogen-bond donors (Lipinski definition) is 0. The molecule has 0 bridgehead atoms. The van der Waals surface area contributed by atoms with Crippen molar-refractivity contribution in [1.29, 1.82) is 0 Å². The molecule has 7 nitrogen and oxygen atoms in total. The number of benzene rings is 1. The van der Waals surface area contributed by atoms with Crippen LogP contribution in [0, 0.1) is 16.0 Å². The number of amides is 1. The van der Waals surface area contributed by atoms with Crippen LogP contribution >= 0.6 is 0 Å². The van der Waals surface area contributed by atoms with E-state index in [2.05, 4.69) is 0 Å². The van der Waals surface area contributed by atoms with Gasteiger partial charge < -0.3 is 4.74 Å². The fourth-order valence-corrected chi connectivity index (χ4v) is 2.12. The lowest BCUT2D eigenvalue weighted by Crippen LogP contribution is -2.45. The number of nitrogens with zero attached hydrogens (tertiary/aromatic N) is 2. The van der Waals surface area contributed by atoms with Crippen molar-refractivity contribution < 1.29 is 19.2 Å². The van der Waals surface area contributed by atoms with E-state index >= 15 is 0 Å². The van der Waals surface area contributed by atoms with Crippen LogP contribution in [0.25, 0.3) is 0 Å². The highest BCUT2D eigenvalue weighted by molar-refractivity contribution is 5.98. The van der Waals surface area contributed by atoms with E-state index in [0.29, 0.717) is 12.1 Å². The highest BCUT2D eigenvalue weighted by Crippen LogP contribution is 2.23. The number of esters is 1. The Hall–Kier alpha value is -2.44. The molecule has 23 heavy (non-hydrogen) atoms. The Morgan fingerprint density at radius 2 is 1.83 bits per heavy atom. The highest BCUT2D eigenvalue weighted by atomic mass is 16.6. The van der Waals surface area contributed by atoms with Crippen LogP contribution in [-0.2, 0) is 14.3 Å². The monoisotopic (exact) mass is 322 g/mol. The average Bonchev–Trinajstić information content (AvgIpc) is 2.49. The van der Waals surface area contributed by atoms with Gasteiger partial charge in [0.2, 0.25) is 5.91 Å². The Balaban J connectivity index is 3.05. The summed E-state index contributed by atoms with van der Waals surface area (Å²) < 4.78 is 5.23. The first-order valence-electron chi connectivity index (χ1n) is 7.48. The molecule has 0 aliphatic heterocycles. The predicted molar refractivity (Wildman–Crippen MR) is 86.1 cm³/mol. The van der Waals surface area contributed by atoms with Gasteiger partial charge in [0, 0.05) is 24.7 Å². The van der Waals surface area contributed by atoms with E-state index in [-0.39, 0.29) is 24.1 Å². The van der Waals surface area contributed by atoms with Crippen molar-refractivity contribution in [2.45, 2.75) is 40.2 Å². The normalized spacial score (nSPS) is 11.9. The van der Waals surface area contributed by atoms with Crippen molar-refractivity contribution in [3.8, 4) is 0 Å². The lowest BCUT2D eigenvalue weighted by molar-refractivity contribution is -0.384. The molecule has 0 saturated heterocycles. The fourth-order valence-electron chi connectivity index (χ4n) is 2.12. The van der Waals surface area contributed by atoms with E-state index in [4.69, 9.17) is 4.74 Å². The number of ether oxygens (including phenoxy) is 1. The minimum absolute atomic E-state index is 0.0762. The number of carbonyl (C=O) groups is 2. The van der Waals surface area contributed by atoms with Gasteiger partial charge in [-0.15, -0.1) is 0 Å². The SMILES string of the molecule is CCC(C(=O)OCC(C)C)N(C(C)=O)c1ccc([N+](=O)[O-])cc1. The first-order valence-corrected chi connectivity index (χ1v) is 7.48. The van der Waals surface area contributed by atoms with E-state index in [1.807, 2.05) is 13.8 Å². The van der Waals surface area contributed by atoms with Crippen LogP contribution in [0.5, 0.6) is 0 Å². The smallest absolute Gasteiger partial charge is 0.329 e. The summed E-state index contributed by atoms with van der Waals surface area (Å²) in [5, 5.41) is 10.7. The van der Waals surface area contributed by atoms with Crippen LogP contribution in [0.4, 0.5) is 11.4 Å². The summed E-state index contributed by atoms with van der Waals surface area (Å²) in [4.78, 5) is 35.7. The van der Waals surface area contributed by atoms with Gasteiger partial charge in [0.05, 0.1) is 11.5 Å². The molecule has 0 aromatic heterocycles. The van der Waals surface area contributed by atoms with Gasteiger partial charge in [0.1, 0.15) is 6.04 Å². The second-order valence-electron chi connectivity index (χ2n) is 5.61. The first kappa shape index (κ1) is 18.6. The molecular formula is C16H22N2O5. The summed E-state index contributed by atoms with van der Waals surface area (Å²) in [6.45, 7) is 7.25. The van der Waals surface area contributed by atoms with Crippen molar-refractivity contribution in [3.63, 3.8) is 0 Å². The molecule has 0 aliphatic rings. The zero-order chi connectivity index (χ0) is 17.6. The summed E-state index contributed by atoms with van der Waals surface area (Å²) in [6.07, 6.45) is 0.382. The summed E-state index contributed by atoms with van der Waals surface area (Å²) in [5.74, 6) is -0.608. The van der Waals surface area contributed by atoms with E-state index < -0.39 is 16.9 Å². The minimum atomic E-state index is -0.757. The molecule has 0 fully saturated rings. The Morgan fingerprint density at radius 1 is 1.26 bits per heavy atom. The maximum Gasteiger partial charge on any atom is 0.329 e. The highest BCUT2D eigenvalue weighted by Gasteiger charge is 2.29. The first-order chi connectivity index (χ1) is 10.8. The van der Waals surface area contributed by atoms with E-state index in [0.717, 1.165) is 0 Å². The molecular weight excluding hydrogens is 300 g/mol. The molecule has 0 heterocycles. The number of anilines is 1. The maximum absolute atomic E-state index is 12.2. The van der Waals surface area contributed by atoms with Crippen LogP contribution in [0.3, 0.4) is 0 Å². The molecule has 1 unspecified atom stereocenters. The van der Waals surface area contributed by atoms with Gasteiger partial charge in [-0.1, -0.05) is 20.8 Å². The van der Waals surface area contributed by atoms with Crippen LogP contribution in [0.2, 0.25) is 0 Å². The quantitative estimate of drug-likeness (QED) is 0.437. The molecule has 1 atom stereocenters. The molecule has 0 radical (unpaired) electrons. The molecule has 1 aromatic rings. The third-order valence-electron chi connectivity index (χ3n) is 3.21. The zero-order valence-corrected chi connectivity index (χ0v) is 13.8. The van der Waals surface area contributed by atoms with E-state index in [9.17, 15) is 19.7 Å². The molecule has 0 N–H and O–H groups in total. The van der Waals surface area contributed by atoms with Crippen molar-refractivity contribution in [3.05, 3.63) is 34.4 Å². The number of nitro benzene ring substituents is 1. The number of rotatable bonds is 7. The van der Waals surface area contributed by atoms with Crippen LogP contribution in [-0.4, -0.2) is 29.4 Å². The molecule has 0 spiro atoms. The van der Waals surface area contributed by atoms with Gasteiger partial charge >= 0.3 is 5.97 Å². The topological polar surface area (TPSA) is 89.8 Å². The largest absolute Gasteiger partial charge is 0.464 e. The molecule has 7 heteroatoms. The van der Waals surface area contributed by atoms with E-state index in [1.165, 1.54) is 36.1 Å². The van der Waals surface area contributed by atoms with Crippen LogP contribution < -0.4 is 4.90 Å². The Labute approximate surface area is 135 Å². The molecule has 0 saturated carbocycles. The molecule has 0 aliphatic carbocycles. The lowest BCUT2D eigenvalue weighted by atomic mass is 10.1. The third kappa shape index (κ3) is 5.05. The van der Waals surface area contributed by atoms with Crippen molar-refractivity contribution in [1.82, 2.24) is 0 Å². The number of nitro groups is 1. The summed E-state index contributed by atoms with van der Waals surface area (Å²) in [5.41, 5.74) is 0.351. The van der Waals surface area contributed by atoms with Gasteiger partial charge in [0.15, 0.2) is 0 Å². The molecule has 1 amide bonds. The Bertz CT molecular complexity index is 568. The van der Waals surface area contributed by atoms with Gasteiger partial charge in [-0.25, -0.2) is 4.79 Å². The maximum atomic E-state index is 12.2. The molecule has 1 aromatic carbocycles. The number of carbonyl (C=O) groups excluding carboxylic acids is 2. The van der Waals surface area contributed by atoms with Crippen molar-refractivity contribution in [2.24, 2.45) is 5.92 Å². The summed E-state index contributed by atoms with van der Waals surface area (Å²) >= 11 is 0.